The number of halogens is 5. The standard InChI is InChI=1S/C68H85F5N8O21/c1-5-11-45(64(93)79-16-10-17-79)96-61-56(88)49(29-83)100-68(62(61)101-65(94)33-12-7-6-8-13-33)98-47-24-36(19-31(3)60(47)102-67-59(91)58(90)53(85)32(4)95-67)44(84)14-9-15-74-63(92)37-23-43(80-26-41(75-77-80)35-21-39(70)51(73)40(71)22-35)54(86)46(25-37)97-66-57(89)52(55(87)48(28-82)99-66)81-27-42(76-78-81)34-18-30(2)50(72)38(69)20-34/h6-8,12-13,18,20-22,26-27,31-32,36-37,43,45-49,52-62,66-68,82-83,85-91H,5,9-11,14-17,19,23-25,28-29H2,1-4H3,(H,74,92)/t31?,32?,36?,37-,43?,45-,46+,47+,48?,49-,52?,53+,54?,55-,56-,57+,58-,59?,60+,61?,62?,66+,67-,68+/m0/s1. The number of nitrogens with zero attached hydrogens (tertiary/aromatic N) is 7. The van der Waals surface area contributed by atoms with Gasteiger partial charge in [-0.25, -0.2) is 36.1 Å². The van der Waals surface area contributed by atoms with E-state index in [9.17, 15) is 87.1 Å². The van der Waals surface area contributed by atoms with Gasteiger partial charge in [-0.2, -0.15) is 0 Å². The number of amides is 2. The van der Waals surface area contributed by atoms with Crippen molar-refractivity contribution in [3.05, 3.63) is 107 Å². The molecule has 0 spiro atoms. The van der Waals surface area contributed by atoms with E-state index in [-0.39, 0.29) is 96.8 Å². The van der Waals surface area contributed by atoms with Crippen LogP contribution in [0.15, 0.2) is 67.0 Å². The monoisotopic (exact) mass is 1440 g/mol. The Bertz CT molecular complexity index is 3670. The lowest BCUT2D eigenvalue weighted by Gasteiger charge is -2.48. The van der Waals surface area contributed by atoms with Crippen LogP contribution in [0.25, 0.3) is 22.5 Å². The molecule has 5 aromatic rings. The molecule has 0 radical (unpaired) electrons. The molecule has 2 saturated carbocycles. The predicted molar refractivity (Wildman–Crippen MR) is 338 cm³/mol. The molecule has 558 valence electrons. The van der Waals surface area contributed by atoms with E-state index in [1.54, 1.807) is 30.0 Å². The minimum Gasteiger partial charge on any atom is -0.450 e. The molecule has 2 aliphatic carbocycles. The highest BCUT2D eigenvalue weighted by molar-refractivity contribution is 5.89. The van der Waals surface area contributed by atoms with Crippen LogP contribution in [0.2, 0.25) is 0 Å². The number of hydrogen-bond donors (Lipinski definition) is 10. The maximum atomic E-state index is 14.6. The highest BCUT2D eigenvalue weighted by Gasteiger charge is 2.55. The Morgan fingerprint density at radius 1 is 0.647 bits per heavy atom. The molecule has 4 aliphatic heterocycles. The third-order valence-electron chi connectivity index (χ3n) is 20.0. The number of aliphatic hydroxyl groups excluding tert-OH is 9. The Balaban J connectivity index is 0.818. The zero-order valence-electron chi connectivity index (χ0n) is 56.1. The van der Waals surface area contributed by atoms with E-state index in [4.69, 9.17) is 37.9 Å². The second-order valence-corrected chi connectivity index (χ2v) is 27.1. The van der Waals surface area contributed by atoms with Crippen LogP contribution in [-0.4, -0.2) is 254 Å². The van der Waals surface area contributed by atoms with Crippen molar-refractivity contribution < 1.29 is 125 Å². The fourth-order valence-corrected chi connectivity index (χ4v) is 14.2. The number of ketones is 1. The number of hydrogen-bond acceptors (Lipinski definition) is 25. The van der Waals surface area contributed by atoms with E-state index in [1.807, 2.05) is 6.92 Å². The van der Waals surface area contributed by atoms with E-state index >= 15 is 0 Å². The molecule has 10 N–H and O–H groups in total. The van der Waals surface area contributed by atoms with Crippen molar-refractivity contribution in [2.45, 2.75) is 214 Å². The third kappa shape index (κ3) is 16.4. The number of aliphatic hydroxyl groups is 9. The van der Waals surface area contributed by atoms with Crippen LogP contribution in [0, 0.1) is 53.8 Å². The minimum atomic E-state index is -1.89. The Hall–Kier alpha value is -6.97. The number of likely N-dealkylation sites (tertiary alicyclic amines) is 1. The van der Waals surface area contributed by atoms with Crippen molar-refractivity contribution in [2.24, 2.45) is 17.8 Å². The fourth-order valence-electron chi connectivity index (χ4n) is 14.2. The first kappa shape index (κ1) is 76.2. The summed E-state index contributed by atoms with van der Waals surface area (Å²) in [6.45, 7) is 5.47. The molecule has 2 amide bonds. The van der Waals surface area contributed by atoms with Crippen LogP contribution in [0.4, 0.5) is 22.0 Å². The second kappa shape index (κ2) is 33.0. The summed E-state index contributed by atoms with van der Waals surface area (Å²) >= 11 is 0. The summed E-state index contributed by atoms with van der Waals surface area (Å²) in [4.78, 5) is 58.7. The summed E-state index contributed by atoms with van der Waals surface area (Å²) < 4.78 is 124. The van der Waals surface area contributed by atoms with Crippen LogP contribution in [0.3, 0.4) is 0 Å². The fraction of sp³-hybridized carbons (Fsp3) is 0.618. The highest BCUT2D eigenvalue weighted by atomic mass is 19.2. The first-order chi connectivity index (χ1) is 48.8. The van der Waals surface area contributed by atoms with E-state index in [0.29, 0.717) is 31.6 Å². The van der Waals surface area contributed by atoms with Crippen LogP contribution < -0.4 is 5.32 Å². The Kier molecular flexibility index (Phi) is 24.6. The number of aryl methyl sites for hydroxylation is 1. The van der Waals surface area contributed by atoms with Crippen molar-refractivity contribution in [3.8, 4) is 22.5 Å². The Labute approximate surface area is 581 Å². The molecule has 34 heteroatoms. The topological polar surface area (TPSA) is 401 Å². The molecule has 4 saturated heterocycles. The molecule has 0 bridgehead atoms. The summed E-state index contributed by atoms with van der Waals surface area (Å²) in [5, 5.41) is 120. The largest absolute Gasteiger partial charge is 0.450 e. The van der Waals surface area contributed by atoms with Gasteiger partial charge in [0.2, 0.25) is 5.91 Å². The van der Waals surface area contributed by atoms with Crippen LogP contribution in [-0.2, 0) is 52.3 Å². The van der Waals surface area contributed by atoms with E-state index in [0.717, 1.165) is 21.9 Å². The van der Waals surface area contributed by atoms with E-state index in [2.05, 4.69) is 25.9 Å². The molecule has 6 aliphatic rings. The van der Waals surface area contributed by atoms with Gasteiger partial charge >= 0.3 is 5.97 Å². The van der Waals surface area contributed by atoms with Gasteiger partial charge in [-0.15, -0.1) is 10.2 Å². The predicted octanol–water partition coefficient (Wildman–Crippen LogP) is 1.78. The van der Waals surface area contributed by atoms with Gasteiger partial charge in [0.25, 0.3) is 5.91 Å². The lowest BCUT2D eigenvalue weighted by molar-refractivity contribution is -0.349. The van der Waals surface area contributed by atoms with Gasteiger partial charge < -0.3 is 94.1 Å². The number of aromatic nitrogens is 6. The number of ether oxygens (including phenoxy) is 8. The Morgan fingerprint density at radius 2 is 1.25 bits per heavy atom. The van der Waals surface area contributed by atoms with E-state index in [1.165, 1.54) is 44.4 Å². The smallest absolute Gasteiger partial charge is 0.338 e. The van der Waals surface area contributed by atoms with Gasteiger partial charge in [0.15, 0.2) is 54.1 Å². The molecule has 3 aromatic carbocycles. The number of carbonyl (C=O) groups is 4. The summed E-state index contributed by atoms with van der Waals surface area (Å²) in [7, 11) is 0. The van der Waals surface area contributed by atoms with E-state index < -0.39 is 201 Å². The van der Waals surface area contributed by atoms with Gasteiger partial charge in [-0.1, -0.05) is 48.9 Å². The first-order valence-corrected chi connectivity index (χ1v) is 34.1. The van der Waals surface area contributed by atoms with Crippen molar-refractivity contribution in [3.63, 3.8) is 0 Å². The molecule has 2 aromatic heterocycles. The van der Waals surface area contributed by atoms with Gasteiger partial charge in [-0.3, -0.25) is 14.4 Å². The zero-order chi connectivity index (χ0) is 73.1. The summed E-state index contributed by atoms with van der Waals surface area (Å²) in [6, 6.07) is 8.56. The highest BCUT2D eigenvalue weighted by Crippen LogP contribution is 2.42. The van der Waals surface area contributed by atoms with Crippen molar-refractivity contribution in [1.29, 1.82) is 0 Å². The van der Waals surface area contributed by atoms with Gasteiger partial charge in [0.05, 0.1) is 61.6 Å². The molecule has 29 nitrogen and oxygen atoms in total. The third-order valence-corrected chi connectivity index (χ3v) is 20.0. The lowest BCUT2D eigenvalue weighted by atomic mass is 9.75. The number of Topliss-reactive ketones (excluding diaryl/α,β-unsaturated/α-hetero) is 1. The van der Waals surface area contributed by atoms with Crippen molar-refractivity contribution >= 4 is 23.6 Å². The second-order valence-electron chi connectivity index (χ2n) is 27.1. The SMILES string of the molecule is CCC[C@H](OC1C(OC(=O)c2ccccc2)[C@H](O[C@@H]2CC(C(=O)CCCNC(=O)[C@H]3CC(n4cc(-c5cc(F)c(F)c(F)c5)nn4)C(O)[C@H](O[C@@H]4OC(CO)[C@H](O)C(n5cc(-c6cc(C)c(F)c(F)c6)nn5)[C@H]4O)C3)CC(C)[C@H]2O[C@@H]2OC(C)[C@@H](O)[C@H](O)C2O)O[C@@H](CO)[C@@H]1O)C(=O)N1CCC1. The number of esters is 1. The average molecular weight is 1450 g/mol. The molecule has 10 unspecified atom stereocenters. The summed E-state index contributed by atoms with van der Waals surface area (Å²) in [6.07, 6.45) is -26.3. The molecular weight excluding hydrogens is 1360 g/mol. The molecule has 102 heavy (non-hydrogen) atoms. The molecule has 11 rings (SSSR count). The summed E-state index contributed by atoms with van der Waals surface area (Å²) in [5.41, 5.74) is -0.299. The van der Waals surface area contributed by atoms with Crippen LogP contribution >= 0.6 is 0 Å². The van der Waals surface area contributed by atoms with Crippen molar-refractivity contribution in [1.82, 2.24) is 40.2 Å². The Morgan fingerprint density at radius 3 is 1.90 bits per heavy atom. The number of rotatable bonds is 25. The van der Waals surface area contributed by atoms with Crippen molar-refractivity contribution in [2.75, 3.05) is 32.8 Å². The normalized spacial score (nSPS) is 33.8. The number of carbonyl (C=O) groups excluding carboxylic acids is 4. The maximum absolute atomic E-state index is 14.6. The summed E-state index contributed by atoms with van der Waals surface area (Å²) in [5.74, 6) is -11.9. The van der Waals surface area contributed by atoms with Gasteiger partial charge in [-0.05, 0) is 107 Å². The number of benzene rings is 3. The lowest BCUT2D eigenvalue weighted by Crippen LogP contribution is -2.64. The maximum Gasteiger partial charge on any atom is 0.338 e. The number of nitrogens with one attached hydrogen (secondary N) is 1. The first-order valence-electron chi connectivity index (χ1n) is 34.1. The quantitative estimate of drug-likeness (QED) is 0.0172. The minimum absolute atomic E-state index is 0.00160. The van der Waals surface area contributed by atoms with Gasteiger partial charge in [0, 0.05) is 49.0 Å². The molecule has 6 fully saturated rings. The van der Waals surface area contributed by atoms with Crippen LogP contribution in [0.1, 0.15) is 107 Å². The molecule has 24 atom stereocenters. The van der Waals surface area contributed by atoms with Crippen LogP contribution in [0.5, 0.6) is 0 Å². The molecule has 6 heterocycles. The van der Waals surface area contributed by atoms with Gasteiger partial charge in [0.1, 0.15) is 90.4 Å². The zero-order valence-corrected chi connectivity index (χ0v) is 56.1. The average Bonchev–Trinajstić information content (AvgIpc) is 1.13. The molecular formula is C68H85F5N8O21.